The van der Waals surface area contributed by atoms with Crippen molar-refractivity contribution in [1.29, 1.82) is 0 Å². The number of hydrogen-bond acceptors (Lipinski definition) is 4. The highest BCUT2D eigenvalue weighted by molar-refractivity contribution is 7.89. The molecule has 1 saturated heterocycles. The van der Waals surface area contributed by atoms with Crippen molar-refractivity contribution < 1.29 is 13.2 Å². The highest BCUT2D eigenvalue weighted by atomic mass is 35.5. The Morgan fingerprint density at radius 3 is 2.62 bits per heavy atom. The molecule has 114 valence electrons. The van der Waals surface area contributed by atoms with Crippen LogP contribution in [0.15, 0.2) is 23.1 Å². The van der Waals surface area contributed by atoms with Crippen molar-refractivity contribution in [2.24, 2.45) is 11.5 Å². The van der Waals surface area contributed by atoms with E-state index >= 15 is 0 Å². The number of nitrogens with two attached hydrogens (primary N) is 2. The number of halogens is 1. The third-order valence-corrected chi connectivity index (χ3v) is 5.96. The summed E-state index contributed by atoms with van der Waals surface area (Å²) in [4.78, 5) is 11.3. The number of thiocarbonyl (C=S) groups is 1. The van der Waals surface area contributed by atoms with Crippen LogP contribution in [0.3, 0.4) is 0 Å². The van der Waals surface area contributed by atoms with Gasteiger partial charge in [0, 0.05) is 12.1 Å². The van der Waals surface area contributed by atoms with Gasteiger partial charge < -0.3 is 11.5 Å². The highest BCUT2D eigenvalue weighted by Crippen LogP contribution is 2.30. The normalized spacial score (nSPS) is 19.6. The zero-order valence-electron chi connectivity index (χ0n) is 11.0. The first-order valence-electron chi connectivity index (χ1n) is 6.15. The number of nitrogens with zero attached hydrogens (tertiary/aromatic N) is 1. The van der Waals surface area contributed by atoms with E-state index in [0.29, 0.717) is 18.4 Å². The molecule has 0 radical (unpaired) electrons. The van der Waals surface area contributed by atoms with Gasteiger partial charge >= 0.3 is 0 Å². The minimum Gasteiger partial charge on any atom is -0.389 e. The van der Waals surface area contributed by atoms with Gasteiger partial charge in [-0.2, -0.15) is 4.31 Å². The summed E-state index contributed by atoms with van der Waals surface area (Å²) in [5, 5.41) is 0.0464. The lowest BCUT2D eigenvalue weighted by atomic mass is 10.2. The van der Waals surface area contributed by atoms with Crippen molar-refractivity contribution in [3.05, 3.63) is 28.8 Å². The van der Waals surface area contributed by atoms with Crippen molar-refractivity contribution in [2.75, 3.05) is 6.54 Å². The monoisotopic (exact) mass is 347 g/mol. The van der Waals surface area contributed by atoms with Gasteiger partial charge in [-0.05, 0) is 25.0 Å². The van der Waals surface area contributed by atoms with Crippen LogP contribution >= 0.6 is 23.8 Å². The minimum absolute atomic E-state index is 0.0464. The zero-order chi connectivity index (χ0) is 15.8. The molecule has 1 unspecified atom stereocenters. The number of carbonyl (C=O) groups excluding carboxylic acids is 1. The molecule has 0 spiro atoms. The van der Waals surface area contributed by atoms with E-state index in [0.717, 1.165) is 4.31 Å². The molecule has 1 heterocycles. The van der Waals surface area contributed by atoms with Gasteiger partial charge in [0.1, 0.15) is 15.9 Å². The molecule has 0 bridgehead atoms. The largest absolute Gasteiger partial charge is 0.389 e. The standard InChI is InChI=1S/C12H14ClN3O3S2/c13-8-4-3-7(12(15)20)6-10(8)21(18,19)16-5-1-2-9(16)11(14)17/h3-4,6,9H,1-2,5H2,(H2,14,17)(H2,15,20). The van der Waals surface area contributed by atoms with E-state index in [9.17, 15) is 13.2 Å². The van der Waals surface area contributed by atoms with Crippen molar-refractivity contribution in [3.63, 3.8) is 0 Å². The molecule has 1 amide bonds. The van der Waals surface area contributed by atoms with Crippen molar-refractivity contribution in [2.45, 2.75) is 23.8 Å². The molecular weight excluding hydrogens is 334 g/mol. The summed E-state index contributed by atoms with van der Waals surface area (Å²) in [7, 11) is -3.93. The second kappa shape index (κ2) is 5.88. The number of amides is 1. The maximum absolute atomic E-state index is 12.7. The highest BCUT2D eigenvalue weighted by Gasteiger charge is 2.39. The van der Waals surface area contributed by atoms with E-state index in [-0.39, 0.29) is 21.5 Å². The number of hydrogen-bond donors (Lipinski definition) is 2. The molecule has 0 saturated carbocycles. The summed E-state index contributed by atoms with van der Waals surface area (Å²) in [6.45, 7) is 0.226. The first-order valence-corrected chi connectivity index (χ1v) is 8.38. The minimum atomic E-state index is -3.93. The van der Waals surface area contributed by atoms with E-state index in [1.54, 1.807) is 6.07 Å². The van der Waals surface area contributed by atoms with Crippen LogP contribution in [0.1, 0.15) is 18.4 Å². The van der Waals surface area contributed by atoms with Crippen molar-refractivity contribution in [1.82, 2.24) is 4.31 Å². The van der Waals surface area contributed by atoms with Crippen molar-refractivity contribution >= 4 is 44.7 Å². The lowest BCUT2D eigenvalue weighted by Crippen LogP contribution is -2.43. The molecule has 1 aromatic carbocycles. The fourth-order valence-corrected chi connectivity index (χ4v) is 4.59. The van der Waals surface area contributed by atoms with Crippen LogP contribution in [-0.4, -0.2) is 36.2 Å². The molecule has 1 aromatic rings. The first kappa shape index (κ1) is 16.2. The van der Waals surface area contributed by atoms with Crippen LogP contribution in [0.4, 0.5) is 0 Å². The molecular formula is C12H14ClN3O3S2. The second-order valence-corrected chi connectivity index (χ2v) is 7.39. The summed E-state index contributed by atoms with van der Waals surface area (Å²) in [5.74, 6) is -0.669. The summed E-state index contributed by atoms with van der Waals surface area (Å²) < 4.78 is 26.5. The van der Waals surface area contributed by atoms with E-state index in [2.05, 4.69) is 0 Å². The third kappa shape index (κ3) is 3.03. The van der Waals surface area contributed by atoms with Gasteiger partial charge in [0.05, 0.1) is 5.02 Å². The molecule has 1 aliphatic heterocycles. The van der Waals surface area contributed by atoms with Gasteiger partial charge in [-0.3, -0.25) is 4.79 Å². The lowest BCUT2D eigenvalue weighted by Gasteiger charge is -2.22. The number of carbonyl (C=O) groups is 1. The average molecular weight is 348 g/mol. The molecule has 4 N–H and O–H groups in total. The molecule has 1 aliphatic rings. The maximum atomic E-state index is 12.7. The van der Waals surface area contributed by atoms with Gasteiger partial charge in [-0.1, -0.05) is 29.9 Å². The molecule has 1 atom stereocenters. The Labute approximate surface area is 133 Å². The molecule has 6 nitrogen and oxygen atoms in total. The van der Waals surface area contributed by atoms with Crippen LogP contribution < -0.4 is 11.5 Å². The molecule has 2 rings (SSSR count). The smallest absolute Gasteiger partial charge is 0.245 e. The lowest BCUT2D eigenvalue weighted by molar-refractivity contribution is -0.121. The molecule has 1 fully saturated rings. The Bertz CT molecular complexity index is 706. The number of benzene rings is 1. The summed E-state index contributed by atoms with van der Waals surface area (Å²) in [5.41, 5.74) is 11.2. The molecule has 9 heteroatoms. The predicted molar refractivity (Wildman–Crippen MR) is 83.4 cm³/mol. The Kier molecular flexibility index (Phi) is 4.52. The first-order chi connectivity index (χ1) is 9.75. The van der Waals surface area contributed by atoms with E-state index in [1.807, 2.05) is 0 Å². The molecule has 21 heavy (non-hydrogen) atoms. The maximum Gasteiger partial charge on any atom is 0.245 e. The van der Waals surface area contributed by atoms with Crippen molar-refractivity contribution in [3.8, 4) is 0 Å². The summed E-state index contributed by atoms with van der Waals surface area (Å²) in [6.07, 6.45) is 0.973. The Balaban J connectivity index is 2.51. The van der Waals surface area contributed by atoms with Gasteiger partial charge in [-0.25, -0.2) is 8.42 Å². The van der Waals surface area contributed by atoms with E-state index < -0.39 is 22.0 Å². The van der Waals surface area contributed by atoms with Crippen LogP contribution in [0.2, 0.25) is 5.02 Å². The zero-order valence-corrected chi connectivity index (χ0v) is 13.3. The van der Waals surface area contributed by atoms with Gasteiger partial charge in [0.25, 0.3) is 0 Å². The van der Waals surface area contributed by atoms with Gasteiger partial charge in [-0.15, -0.1) is 0 Å². The van der Waals surface area contributed by atoms with Crippen LogP contribution in [-0.2, 0) is 14.8 Å². The SMILES string of the molecule is NC(=O)C1CCCN1S(=O)(=O)c1cc(C(N)=S)ccc1Cl. The van der Waals surface area contributed by atoms with Gasteiger partial charge in [0.15, 0.2) is 0 Å². The second-order valence-electron chi connectivity index (χ2n) is 4.69. The third-order valence-electron chi connectivity index (χ3n) is 3.33. The predicted octanol–water partition coefficient (Wildman–Crippen LogP) is 0.613. The van der Waals surface area contributed by atoms with Crippen LogP contribution in [0, 0.1) is 0 Å². The Morgan fingerprint density at radius 2 is 2.05 bits per heavy atom. The molecule has 0 aliphatic carbocycles. The number of sulfonamides is 1. The van der Waals surface area contributed by atoms with Crippen LogP contribution in [0.25, 0.3) is 0 Å². The average Bonchev–Trinajstić information content (AvgIpc) is 2.88. The number of primary amides is 1. The fraction of sp³-hybridized carbons (Fsp3) is 0.333. The fourth-order valence-electron chi connectivity index (χ4n) is 2.29. The van der Waals surface area contributed by atoms with Gasteiger partial charge in [0.2, 0.25) is 15.9 Å². The topological polar surface area (TPSA) is 106 Å². The Hall–Kier alpha value is -1.22. The Morgan fingerprint density at radius 1 is 1.38 bits per heavy atom. The van der Waals surface area contributed by atoms with E-state index in [4.69, 9.17) is 35.3 Å². The number of rotatable bonds is 4. The quantitative estimate of drug-likeness (QED) is 0.776. The molecule has 0 aromatic heterocycles. The van der Waals surface area contributed by atoms with Crippen LogP contribution in [0.5, 0.6) is 0 Å². The van der Waals surface area contributed by atoms with E-state index in [1.165, 1.54) is 12.1 Å². The summed E-state index contributed by atoms with van der Waals surface area (Å²) in [6, 6.07) is 3.42. The summed E-state index contributed by atoms with van der Waals surface area (Å²) >= 11 is 10.8.